The minimum absolute atomic E-state index is 0.0825. The maximum atomic E-state index is 11.5. The van der Waals surface area contributed by atoms with Crippen LogP contribution < -0.4 is 5.32 Å². The van der Waals surface area contributed by atoms with Gasteiger partial charge in [-0.05, 0) is 25.2 Å². The molecule has 0 aromatic carbocycles. The summed E-state index contributed by atoms with van der Waals surface area (Å²) in [4.78, 5) is 22.2. The zero-order valence-electron chi connectivity index (χ0n) is 7.17. The maximum absolute atomic E-state index is 11.5. The monoisotopic (exact) mass is 167 g/mol. The van der Waals surface area contributed by atoms with Crippen LogP contribution in [0.3, 0.4) is 0 Å². The number of carbonyl (C=O) groups is 2. The van der Waals surface area contributed by atoms with Gasteiger partial charge in [-0.2, -0.15) is 0 Å². The summed E-state index contributed by atoms with van der Waals surface area (Å²) in [6.45, 7) is 1.47. The van der Waals surface area contributed by atoms with Gasteiger partial charge in [0.1, 0.15) is 0 Å². The average Bonchev–Trinajstić information content (AvgIpc) is 2.53. The summed E-state index contributed by atoms with van der Waals surface area (Å²) in [6, 6.07) is -0.152. The number of hydrogen-bond donors (Lipinski definition) is 1. The van der Waals surface area contributed by atoms with Gasteiger partial charge in [-0.25, -0.2) is 0 Å². The van der Waals surface area contributed by atoms with Crippen molar-refractivity contribution in [2.45, 2.75) is 32.2 Å². The summed E-state index contributed by atoms with van der Waals surface area (Å²) < 4.78 is 0. The van der Waals surface area contributed by atoms with Crippen LogP contribution in [0.5, 0.6) is 0 Å². The summed E-state index contributed by atoms with van der Waals surface area (Å²) in [6.07, 6.45) is 3.16. The smallest absolute Gasteiger partial charge is 0.217 e. The van der Waals surface area contributed by atoms with Crippen molar-refractivity contribution in [1.29, 1.82) is 0 Å². The first-order chi connectivity index (χ1) is 5.68. The van der Waals surface area contributed by atoms with Crippen molar-refractivity contribution < 1.29 is 9.59 Å². The number of nitrogens with one attached hydrogen (secondary N) is 1. The van der Waals surface area contributed by atoms with E-state index in [0.717, 1.165) is 19.3 Å². The molecule has 2 fully saturated rings. The minimum Gasteiger partial charge on any atom is -0.346 e. The van der Waals surface area contributed by atoms with Crippen LogP contribution in [-0.4, -0.2) is 17.7 Å². The fourth-order valence-corrected chi connectivity index (χ4v) is 2.47. The summed E-state index contributed by atoms with van der Waals surface area (Å²) in [5, 5.41) is 2.73. The van der Waals surface area contributed by atoms with Gasteiger partial charge in [0.25, 0.3) is 0 Å². The lowest BCUT2D eigenvalue weighted by molar-refractivity contribution is -0.128. The van der Waals surface area contributed by atoms with Crippen molar-refractivity contribution in [3.63, 3.8) is 0 Å². The standard InChI is InChI=1S/C9H13NO2/c1-5(11)10-8-6-2-3-7(4-6)9(8)12/h6-8H,2-4H2,1H3,(H,10,11). The third-order valence-electron chi connectivity index (χ3n) is 3.01. The Labute approximate surface area is 71.5 Å². The number of amides is 1. The molecule has 0 heterocycles. The molecule has 0 aliphatic heterocycles. The molecule has 0 saturated heterocycles. The Balaban J connectivity index is 2.07. The SMILES string of the molecule is CC(=O)NC1C(=O)C2CCC1C2. The van der Waals surface area contributed by atoms with Crippen LogP contribution in [0.25, 0.3) is 0 Å². The predicted molar refractivity (Wildman–Crippen MR) is 43.4 cm³/mol. The van der Waals surface area contributed by atoms with E-state index in [-0.39, 0.29) is 23.7 Å². The van der Waals surface area contributed by atoms with E-state index in [1.54, 1.807) is 0 Å². The molecule has 2 saturated carbocycles. The van der Waals surface area contributed by atoms with E-state index in [1.165, 1.54) is 6.92 Å². The number of hydrogen-bond acceptors (Lipinski definition) is 2. The number of ketones is 1. The fraction of sp³-hybridized carbons (Fsp3) is 0.778. The van der Waals surface area contributed by atoms with Gasteiger partial charge in [0.15, 0.2) is 5.78 Å². The van der Waals surface area contributed by atoms with Crippen LogP contribution in [0.15, 0.2) is 0 Å². The van der Waals surface area contributed by atoms with E-state index in [1.807, 2.05) is 0 Å². The summed E-state index contributed by atoms with van der Waals surface area (Å²) in [5.41, 5.74) is 0. The zero-order chi connectivity index (χ0) is 8.72. The number of carbonyl (C=O) groups excluding carboxylic acids is 2. The second kappa shape index (κ2) is 2.57. The maximum Gasteiger partial charge on any atom is 0.217 e. The van der Waals surface area contributed by atoms with Gasteiger partial charge in [0, 0.05) is 12.8 Å². The Morgan fingerprint density at radius 3 is 2.75 bits per heavy atom. The lowest BCUT2D eigenvalue weighted by Gasteiger charge is -2.20. The molecule has 2 rings (SSSR count). The Morgan fingerprint density at radius 1 is 1.50 bits per heavy atom. The van der Waals surface area contributed by atoms with Crippen molar-refractivity contribution in [3.8, 4) is 0 Å². The predicted octanol–water partition coefficient (Wildman–Crippen LogP) is 0.490. The molecule has 1 amide bonds. The normalized spacial score (nSPS) is 38.8. The molecule has 0 radical (unpaired) electrons. The van der Waals surface area contributed by atoms with Crippen LogP contribution in [0.1, 0.15) is 26.2 Å². The Bertz CT molecular complexity index is 237. The molecule has 3 heteroatoms. The Kier molecular flexibility index (Phi) is 1.67. The van der Waals surface area contributed by atoms with Crippen molar-refractivity contribution in [2.75, 3.05) is 0 Å². The van der Waals surface area contributed by atoms with Gasteiger partial charge >= 0.3 is 0 Å². The van der Waals surface area contributed by atoms with Crippen LogP contribution in [0, 0.1) is 11.8 Å². The van der Waals surface area contributed by atoms with Gasteiger partial charge in [-0.3, -0.25) is 9.59 Å². The van der Waals surface area contributed by atoms with Crippen LogP contribution in [-0.2, 0) is 9.59 Å². The van der Waals surface area contributed by atoms with Gasteiger partial charge in [-0.1, -0.05) is 0 Å². The molecule has 3 nitrogen and oxygen atoms in total. The topological polar surface area (TPSA) is 46.2 Å². The quantitative estimate of drug-likeness (QED) is 0.617. The molecule has 0 aromatic heterocycles. The van der Waals surface area contributed by atoms with Gasteiger partial charge < -0.3 is 5.32 Å². The first-order valence-electron chi connectivity index (χ1n) is 4.49. The van der Waals surface area contributed by atoms with Crippen molar-refractivity contribution in [1.82, 2.24) is 5.32 Å². The minimum atomic E-state index is -0.152. The largest absolute Gasteiger partial charge is 0.346 e. The van der Waals surface area contributed by atoms with E-state index in [2.05, 4.69) is 5.32 Å². The van der Waals surface area contributed by atoms with Crippen molar-refractivity contribution >= 4 is 11.7 Å². The van der Waals surface area contributed by atoms with Crippen LogP contribution in [0.2, 0.25) is 0 Å². The summed E-state index contributed by atoms with van der Waals surface area (Å²) >= 11 is 0. The van der Waals surface area contributed by atoms with E-state index in [4.69, 9.17) is 0 Å². The number of fused-ring (bicyclic) bond motifs is 2. The molecular weight excluding hydrogens is 154 g/mol. The highest BCUT2D eigenvalue weighted by molar-refractivity contribution is 5.93. The van der Waals surface area contributed by atoms with Crippen LogP contribution >= 0.6 is 0 Å². The first kappa shape index (κ1) is 7.77. The number of rotatable bonds is 1. The average molecular weight is 167 g/mol. The molecule has 66 valence electrons. The third-order valence-corrected chi connectivity index (χ3v) is 3.01. The number of Topliss-reactive ketones (excluding diaryl/α,β-unsaturated/α-hetero) is 1. The van der Waals surface area contributed by atoms with Crippen molar-refractivity contribution in [3.05, 3.63) is 0 Å². The van der Waals surface area contributed by atoms with Gasteiger partial charge in [0.2, 0.25) is 5.91 Å². The van der Waals surface area contributed by atoms with E-state index in [9.17, 15) is 9.59 Å². The molecule has 3 atom stereocenters. The molecule has 0 aromatic rings. The highest BCUT2D eigenvalue weighted by Gasteiger charge is 2.46. The highest BCUT2D eigenvalue weighted by atomic mass is 16.2. The van der Waals surface area contributed by atoms with E-state index in [0.29, 0.717) is 5.92 Å². The molecule has 3 unspecified atom stereocenters. The molecule has 2 aliphatic rings. The third kappa shape index (κ3) is 1.04. The lowest BCUT2D eigenvalue weighted by Crippen LogP contribution is -2.43. The second-order valence-corrected chi connectivity index (χ2v) is 3.85. The molecule has 1 N–H and O–H groups in total. The molecule has 0 spiro atoms. The molecule has 12 heavy (non-hydrogen) atoms. The second-order valence-electron chi connectivity index (χ2n) is 3.85. The first-order valence-corrected chi connectivity index (χ1v) is 4.49. The van der Waals surface area contributed by atoms with Gasteiger partial charge in [-0.15, -0.1) is 0 Å². The highest BCUT2D eigenvalue weighted by Crippen LogP contribution is 2.41. The lowest BCUT2D eigenvalue weighted by atomic mass is 9.94. The molecule has 2 aliphatic carbocycles. The summed E-state index contributed by atoms with van der Waals surface area (Å²) in [7, 11) is 0. The van der Waals surface area contributed by atoms with E-state index >= 15 is 0 Å². The Hall–Kier alpha value is -0.860. The van der Waals surface area contributed by atoms with Crippen molar-refractivity contribution in [2.24, 2.45) is 11.8 Å². The van der Waals surface area contributed by atoms with Crippen LogP contribution in [0.4, 0.5) is 0 Å². The fourth-order valence-electron chi connectivity index (χ4n) is 2.47. The Morgan fingerprint density at radius 2 is 2.25 bits per heavy atom. The molecule has 2 bridgehead atoms. The summed E-state index contributed by atoms with van der Waals surface area (Å²) in [5.74, 6) is 0.876. The van der Waals surface area contributed by atoms with Gasteiger partial charge in [0.05, 0.1) is 6.04 Å². The van der Waals surface area contributed by atoms with E-state index < -0.39 is 0 Å². The zero-order valence-corrected chi connectivity index (χ0v) is 7.17. The molecular formula is C9H13NO2.